The Morgan fingerprint density at radius 1 is 0.339 bits per heavy atom. The predicted molar refractivity (Wildman–Crippen MR) is 247 cm³/mol. The van der Waals surface area contributed by atoms with E-state index in [9.17, 15) is 0 Å². The number of nitrogens with zero attached hydrogens (tertiary/aromatic N) is 2. The average molecular weight is 753 g/mol. The second-order valence-corrected chi connectivity index (χ2v) is 16.1. The van der Waals surface area contributed by atoms with Crippen LogP contribution in [0.5, 0.6) is 0 Å². The van der Waals surface area contributed by atoms with Crippen molar-refractivity contribution in [3.63, 3.8) is 0 Å². The first-order valence-electron chi connectivity index (χ1n) is 20.4. The number of rotatable bonds is 6. The number of fused-ring (bicyclic) bond motifs is 6. The number of hydrogen-bond acceptors (Lipinski definition) is 2. The van der Waals surface area contributed by atoms with Crippen molar-refractivity contribution in [2.75, 3.05) is 0 Å². The third-order valence-electron chi connectivity index (χ3n) is 12.3. The minimum Gasteiger partial charge on any atom is -0.228 e. The van der Waals surface area contributed by atoms with E-state index in [1.807, 2.05) is 18.2 Å². The minimum atomic E-state index is -0.147. The lowest BCUT2D eigenvalue weighted by atomic mass is 9.78. The summed E-state index contributed by atoms with van der Waals surface area (Å²) in [6, 6.07) is 74.2. The van der Waals surface area contributed by atoms with Crippen LogP contribution in [0.4, 0.5) is 0 Å². The van der Waals surface area contributed by atoms with Crippen molar-refractivity contribution in [1.82, 2.24) is 9.97 Å². The topological polar surface area (TPSA) is 25.8 Å². The fourth-order valence-electron chi connectivity index (χ4n) is 9.54. The molecule has 1 aromatic heterocycles. The van der Waals surface area contributed by atoms with E-state index in [0.29, 0.717) is 5.82 Å². The van der Waals surface area contributed by atoms with Crippen molar-refractivity contribution >= 4 is 21.5 Å². The highest BCUT2D eigenvalue weighted by molar-refractivity contribution is 6.06. The third kappa shape index (κ3) is 5.79. The Hall–Kier alpha value is -7.42. The summed E-state index contributed by atoms with van der Waals surface area (Å²) in [6.07, 6.45) is 0. The number of benzene rings is 9. The van der Waals surface area contributed by atoms with Gasteiger partial charge in [0, 0.05) is 22.1 Å². The molecule has 0 fully saturated rings. The zero-order valence-electron chi connectivity index (χ0n) is 33.0. The lowest BCUT2D eigenvalue weighted by molar-refractivity contribution is 0.662. The number of hydrogen-bond donors (Lipinski definition) is 0. The van der Waals surface area contributed by atoms with Crippen molar-refractivity contribution in [3.8, 4) is 78.4 Å². The van der Waals surface area contributed by atoms with Crippen LogP contribution in [-0.2, 0) is 5.41 Å². The Bertz CT molecular complexity index is 3230. The van der Waals surface area contributed by atoms with E-state index >= 15 is 0 Å². The molecule has 9 aromatic carbocycles. The molecule has 1 aliphatic rings. The molecule has 59 heavy (non-hydrogen) atoms. The molecule has 2 nitrogen and oxygen atoms in total. The smallest absolute Gasteiger partial charge is 0.160 e. The largest absolute Gasteiger partial charge is 0.228 e. The van der Waals surface area contributed by atoms with Gasteiger partial charge in [-0.1, -0.05) is 208 Å². The van der Waals surface area contributed by atoms with Crippen LogP contribution >= 0.6 is 0 Å². The van der Waals surface area contributed by atoms with E-state index in [4.69, 9.17) is 9.97 Å². The molecule has 1 aliphatic carbocycles. The summed E-state index contributed by atoms with van der Waals surface area (Å²) in [4.78, 5) is 10.5. The summed E-state index contributed by atoms with van der Waals surface area (Å²) in [5.41, 5.74) is 17.4. The Kier molecular flexibility index (Phi) is 8.20. The highest BCUT2D eigenvalue weighted by Gasteiger charge is 2.38. The first kappa shape index (κ1) is 34.8. The molecule has 0 atom stereocenters. The lowest BCUT2D eigenvalue weighted by Crippen LogP contribution is -2.16. The average Bonchev–Trinajstić information content (AvgIpc) is 3.55. The normalized spacial score (nSPS) is 12.7. The summed E-state index contributed by atoms with van der Waals surface area (Å²) in [7, 11) is 0. The molecule has 11 rings (SSSR count). The van der Waals surface area contributed by atoms with Gasteiger partial charge in [-0.3, -0.25) is 0 Å². The van der Waals surface area contributed by atoms with Gasteiger partial charge >= 0.3 is 0 Å². The van der Waals surface area contributed by atoms with Crippen LogP contribution < -0.4 is 0 Å². The van der Waals surface area contributed by atoms with Crippen LogP contribution in [0.2, 0.25) is 0 Å². The minimum absolute atomic E-state index is 0.147. The van der Waals surface area contributed by atoms with Crippen molar-refractivity contribution in [3.05, 3.63) is 217 Å². The SMILES string of the molecule is CC1(C)c2ccc3ccccc3c2-c2cccc(-c3cccc(-c4ccc(-c5cc(-c6ccccc6-c6ccccc6)nc(-c6ccccc6)n5)c5ccccc45)c3)c21. The van der Waals surface area contributed by atoms with Gasteiger partial charge in [0.05, 0.1) is 11.4 Å². The fraction of sp³-hybridized carbons (Fsp3) is 0.0526. The quantitative estimate of drug-likeness (QED) is 0.169. The summed E-state index contributed by atoms with van der Waals surface area (Å²) in [6.45, 7) is 4.77. The highest BCUT2D eigenvalue weighted by Crippen LogP contribution is 2.54. The van der Waals surface area contributed by atoms with Crippen LogP contribution in [0.3, 0.4) is 0 Å². The van der Waals surface area contributed by atoms with Crippen molar-refractivity contribution in [1.29, 1.82) is 0 Å². The van der Waals surface area contributed by atoms with Gasteiger partial charge in [-0.2, -0.15) is 0 Å². The van der Waals surface area contributed by atoms with Crippen LogP contribution in [0.15, 0.2) is 206 Å². The molecule has 0 spiro atoms. The molecule has 0 aliphatic heterocycles. The summed E-state index contributed by atoms with van der Waals surface area (Å²) in [5.74, 6) is 0.704. The molecule has 0 radical (unpaired) electrons. The zero-order chi connectivity index (χ0) is 39.5. The van der Waals surface area contributed by atoms with Crippen LogP contribution in [0, 0.1) is 0 Å². The molecule has 1 heterocycles. The molecule has 278 valence electrons. The van der Waals surface area contributed by atoms with Gasteiger partial charge in [0.2, 0.25) is 0 Å². The maximum atomic E-state index is 5.28. The predicted octanol–water partition coefficient (Wildman–Crippen LogP) is 15.1. The maximum absolute atomic E-state index is 5.28. The summed E-state index contributed by atoms with van der Waals surface area (Å²) < 4.78 is 0. The molecular formula is C57H40N2. The van der Waals surface area contributed by atoms with Gasteiger partial charge in [-0.05, 0) is 89.3 Å². The second-order valence-electron chi connectivity index (χ2n) is 16.1. The van der Waals surface area contributed by atoms with Gasteiger partial charge in [0.1, 0.15) is 0 Å². The van der Waals surface area contributed by atoms with Crippen molar-refractivity contribution in [2.24, 2.45) is 0 Å². The first-order valence-corrected chi connectivity index (χ1v) is 20.4. The van der Waals surface area contributed by atoms with E-state index < -0.39 is 0 Å². The van der Waals surface area contributed by atoms with Gasteiger partial charge in [-0.25, -0.2) is 9.97 Å². The van der Waals surface area contributed by atoms with Crippen LogP contribution in [-0.4, -0.2) is 9.97 Å². The van der Waals surface area contributed by atoms with Crippen molar-refractivity contribution in [2.45, 2.75) is 19.3 Å². The standard InChI is InChI=1S/C57H40N2/c1-57(2)51-34-31-38-19-9-10-25-44(38)54(51)50-30-16-29-45(55(50)57)41-23-15-22-40(35-41)43-32-33-49(47-27-13-12-26-46(43)47)53-36-52(58-56(59-53)39-20-7-4-8-21-39)48-28-14-11-24-42(48)37-17-5-3-6-18-37/h3-36H,1-2H3. The Morgan fingerprint density at radius 3 is 1.63 bits per heavy atom. The van der Waals surface area contributed by atoms with Crippen LogP contribution in [0.25, 0.3) is 100.0 Å². The molecule has 0 bridgehead atoms. The van der Waals surface area contributed by atoms with E-state index in [2.05, 4.69) is 202 Å². The van der Waals surface area contributed by atoms with Gasteiger partial charge < -0.3 is 0 Å². The van der Waals surface area contributed by atoms with E-state index in [1.54, 1.807) is 0 Å². The number of aromatic nitrogens is 2. The Labute approximate surface area is 345 Å². The molecule has 10 aromatic rings. The fourth-order valence-corrected chi connectivity index (χ4v) is 9.54. The van der Waals surface area contributed by atoms with Crippen LogP contribution in [0.1, 0.15) is 25.0 Å². The van der Waals surface area contributed by atoms with Gasteiger partial charge in [-0.15, -0.1) is 0 Å². The highest BCUT2D eigenvalue weighted by atomic mass is 14.9. The first-order chi connectivity index (χ1) is 29.0. The van der Waals surface area contributed by atoms with E-state index in [1.165, 1.54) is 60.7 Å². The van der Waals surface area contributed by atoms with Gasteiger partial charge in [0.15, 0.2) is 5.82 Å². The Balaban J connectivity index is 1.05. The molecular weight excluding hydrogens is 713 g/mol. The zero-order valence-corrected chi connectivity index (χ0v) is 33.0. The molecule has 2 heteroatoms. The molecule has 0 saturated carbocycles. The van der Waals surface area contributed by atoms with E-state index in [-0.39, 0.29) is 5.41 Å². The third-order valence-corrected chi connectivity index (χ3v) is 12.3. The molecule has 0 amide bonds. The maximum Gasteiger partial charge on any atom is 0.160 e. The molecule has 0 saturated heterocycles. The Morgan fingerprint density at radius 2 is 0.864 bits per heavy atom. The second kappa shape index (κ2) is 13.9. The molecule has 0 unspecified atom stereocenters. The van der Waals surface area contributed by atoms with Crippen molar-refractivity contribution < 1.29 is 0 Å². The monoisotopic (exact) mass is 752 g/mol. The van der Waals surface area contributed by atoms with Gasteiger partial charge in [0.25, 0.3) is 0 Å². The summed E-state index contributed by atoms with van der Waals surface area (Å²) >= 11 is 0. The molecule has 0 N–H and O–H groups in total. The van der Waals surface area contributed by atoms with E-state index in [0.717, 1.165) is 44.6 Å². The summed E-state index contributed by atoms with van der Waals surface area (Å²) in [5, 5.41) is 4.94. The lowest BCUT2D eigenvalue weighted by Gasteiger charge is -2.25.